The highest BCUT2D eigenvalue weighted by Gasteiger charge is 2.21. The lowest BCUT2D eigenvalue weighted by Gasteiger charge is -2.12. The van der Waals surface area contributed by atoms with E-state index in [0.29, 0.717) is 23.6 Å². The molecule has 8 heteroatoms. The summed E-state index contributed by atoms with van der Waals surface area (Å²) in [6, 6.07) is 6.90. The molecule has 0 bridgehead atoms. The average Bonchev–Trinajstić information content (AvgIpc) is 2.97. The number of nitrogens with zero attached hydrogens (tertiary/aromatic N) is 3. The van der Waals surface area contributed by atoms with Crippen molar-refractivity contribution in [3.63, 3.8) is 0 Å². The van der Waals surface area contributed by atoms with Crippen molar-refractivity contribution in [2.24, 2.45) is 0 Å². The van der Waals surface area contributed by atoms with E-state index in [-0.39, 0.29) is 24.1 Å². The first-order valence-corrected chi connectivity index (χ1v) is 8.53. The molecule has 25 heavy (non-hydrogen) atoms. The Kier molecular flexibility index (Phi) is 6.52. The van der Waals surface area contributed by atoms with Gasteiger partial charge in [-0.05, 0) is 38.0 Å². The third-order valence-corrected chi connectivity index (χ3v) is 3.92. The molecule has 134 valence electrons. The lowest BCUT2D eigenvalue weighted by Crippen LogP contribution is -2.33. The van der Waals surface area contributed by atoms with Gasteiger partial charge in [0.25, 0.3) is 5.91 Å². The van der Waals surface area contributed by atoms with E-state index >= 15 is 0 Å². The maximum Gasteiger partial charge on any atom is 0.303 e. The molecule has 0 aliphatic carbocycles. The fourth-order valence-corrected chi connectivity index (χ4v) is 2.64. The Labute approximate surface area is 151 Å². The molecular formula is C17H21ClN4O3. The summed E-state index contributed by atoms with van der Waals surface area (Å²) in [6.07, 6.45) is 1.81. The highest BCUT2D eigenvalue weighted by atomic mass is 35.5. The quantitative estimate of drug-likeness (QED) is 0.750. The number of carboxylic acids is 1. The smallest absolute Gasteiger partial charge is 0.303 e. The standard InChI is InChI=1S/C17H21ClN4O3/c1-3-5-14-16(17(25)19-11(2)8-9-15(23)24)20-21-22(14)13-7-4-6-12(18)10-13/h4,6-7,10-11H,3,5,8-9H2,1-2H3,(H,19,25)(H,23,24). The molecule has 0 saturated carbocycles. The molecule has 7 nitrogen and oxygen atoms in total. The average molecular weight is 365 g/mol. The first-order valence-electron chi connectivity index (χ1n) is 8.15. The van der Waals surface area contributed by atoms with Crippen molar-refractivity contribution in [2.75, 3.05) is 0 Å². The predicted octanol–water partition coefficient (Wildman–Crippen LogP) is 2.86. The number of hydrogen-bond acceptors (Lipinski definition) is 4. The number of carbonyl (C=O) groups excluding carboxylic acids is 1. The molecule has 1 unspecified atom stereocenters. The van der Waals surface area contributed by atoms with Crippen LogP contribution in [0.2, 0.25) is 5.02 Å². The van der Waals surface area contributed by atoms with Gasteiger partial charge in [-0.15, -0.1) is 5.10 Å². The van der Waals surface area contributed by atoms with Crippen LogP contribution in [0.3, 0.4) is 0 Å². The van der Waals surface area contributed by atoms with Crippen molar-refractivity contribution in [1.82, 2.24) is 20.3 Å². The number of hydrogen-bond donors (Lipinski definition) is 2. The van der Waals surface area contributed by atoms with Crippen LogP contribution in [0.4, 0.5) is 0 Å². The zero-order valence-corrected chi connectivity index (χ0v) is 15.0. The second-order valence-electron chi connectivity index (χ2n) is 5.83. The molecule has 0 saturated heterocycles. The van der Waals surface area contributed by atoms with Crippen LogP contribution < -0.4 is 5.32 Å². The SMILES string of the molecule is CCCc1c(C(=O)NC(C)CCC(=O)O)nnn1-c1cccc(Cl)c1. The van der Waals surface area contributed by atoms with Crippen molar-refractivity contribution >= 4 is 23.5 Å². The van der Waals surface area contributed by atoms with Crippen LogP contribution in [0, 0.1) is 0 Å². The van der Waals surface area contributed by atoms with Crippen LogP contribution >= 0.6 is 11.6 Å². The molecule has 1 aromatic carbocycles. The van der Waals surface area contributed by atoms with Gasteiger partial charge in [0.1, 0.15) is 0 Å². The molecule has 1 aromatic heterocycles. The van der Waals surface area contributed by atoms with Gasteiger partial charge in [0, 0.05) is 17.5 Å². The van der Waals surface area contributed by atoms with Crippen molar-refractivity contribution in [2.45, 2.75) is 45.6 Å². The van der Waals surface area contributed by atoms with E-state index in [1.807, 2.05) is 19.1 Å². The minimum absolute atomic E-state index is 0.00152. The van der Waals surface area contributed by atoms with Gasteiger partial charge in [-0.3, -0.25) is 9.59 Å². The summed E-state index contributed by atoms with van der Waals surface area (Å²) >= 11 is 6.03. The number of aromatic nitrogens is 3. The zero-order valence-electron chi connectivity index (χ0n) is 14.2. The fourth-order valence-electron chi connectivity index (χ4n) is 2.46. The number of amides is 1. The second-order valence-corrected chi connectivity index (χ2v) is 6.27. The number of aliphatic carboxylic acids is 1. The van der Waals surface area contributed by atoms with Crippen molar-refractivity contribution in [3.8, 4) is 5.69 Å². The van der Waals surface area contributed by atoms with Crippen LogP contribution in [0.5, 0.6) is 0 Å². The summed E-state index contributed by atoms with van der Waals surface area (Å²) in [7, 11) is 0. The van der Waals surface area contributed by atoms with E-state index in [4.69, 9.17) is 16.7 Å². The fraction of sp³-hybridized carbons (Fsp3) is 0.412. The maximum absolute atomic E-state index is 12.5. The van der Waals surface area contributed by atoms with Gasteiger partial charge in [-0.2, -0.15) is 0 Å². The molecule has 1 atom stereocenters. The minimum atomic E-state index is -0.889. The lowest BCUT2D eigenvalue weighted by atomic mass is 10.1. The minimum Gasteiger partial charge on any atom is -0.481 e. The number of halogens is 1. The molecule has 0 spiro atoms. The summed E-state index contributed by atoms with van der Waals surface area (Å²) in [5, 5.41) is 20.2. The molecule has 1 heterocycles. The first kappa shape index (κ1) is 18.9. The number of carboxylic acid groups (broad SMARTS) is 1. The Bertz CT molecular complexity index is 760. The Hall–Kier alpha value is -2.41. The third-order valence-electron chi connectivity index (χ3n) is 3.69. The first-order chi connectivity index (χ1) is 11.9. The van der Waals surface area contributed by atoms with Crippen LogP contribution in [0.1, 0.15) is 49.3 Å². The van der Waals surface area contributed by atoms with Crippen LogP contribution in [0.25, 0.3) is 5.69 Å². The summed E-state index contributed by atoms with van der Waals surface area (Å²) < 4.78 is 1.62. The second kappa shape index (κ2) is 8.62. The van der Waals surface area contributed by atoms with Crippen LogP contribution in [0.15, 0.2) is 24.3 Å². The Morgan fingerprint density at radius 2 is 2.16 bits per heavy atom. The highest BCUT2D eigenvalue weighted by molar-refractivity contribution is 6.30. The van der Waals surface area contributed by atoms with Gasteiger partial charge in [0.05, 0.1) is 11.4 Å². The molecule has 0 aliphatic rings. The number of benzene rings is 1. The normalized spacial score (nSPS) is 12.0. The molecule has 0 radical (unpaired) electrons. The molecule has 1 amide bonds. The van der Waals surface area contributed by atoms with Gasteiger partial charge in [-0.25, -0.2) is 4.68 Å². The Balaban J connectivity index is 2.23. The van der Waals surface area contributed by atoms with E-state index in [1.54, 1.807) is 23.7 Å². The zero-order chi connectivity index (χ0) is 18.4. The number of nitrogens with one attached hydrogen (secondary N) is 1. The third kappa shape index (κ3) is 5.03. The molecule has 0 fully saturated rings. The maximum atomic E-state index is 12.5. The van der Waals surface area contributed by atoms with E-state index < -0.39 is 5.97 Å². The molecule has 2 aromatic rings. The van der Waals surface area contributed by atoms with Gasteiger partial charge >= 0.3 is 5.97 Å². The molecule has 2 rings (SSSR count). The topological polar surface area (TPSA) is 97.1 Å². The van der Waals surface area contributed by atoms with E-state index in [0.717, 1.165) is 12.1 Å². The number of carbonyl (C=O) groups is 2. The summed E-state index contributed by atoms with van der Waals surface area (Å²) in [5.41, 5.74) is 1.69. The van der Waals surface area contributed by atoms with E-state index in [1.165, 1.54) is 0 Å². The monoisotopic (exact) mass is 364 g/mol. The van der Waals surface area contributed by atoms with Gasteiger partial charge in [0.15, 0.2) is 5.69 Å². The Morgan fingerprint density at radius 3 is 2.80 bits per heavy atom. The molecular weight excluding hydrogens is 344 g/mol. The van der Waals surface area contributed by atoms with Gasteiger partial charge in [-0.1, -0.05) is 36.2 Å². The highest BCUT2D eigenvalue weighted by Crippen LogP contribution is 2.18. The van der Waals surface area contributed by atoms with Crippen LogP contribution in [-0.4, -0.2) is 38.0 Å². The summed E-state index contributed by atoms with van der Waals surface area (Å²) in [4.78, 5) is 23.1. The van der Waals surface area contributed by atoms with Gasteiger partial charge < -0.3 is 10.4 Å². The molecule has 0 aliphatic heterocycles. The summed E-state index contributed by atoms with van der Waals surface area (Å²) in [6.45, 7) is 3.77. The lowest BCUT2D eigenvalue weighted by molar-refractivity contribution is -0.137. The van der Waals surface area contributed by atoms with E-state index in [9.17, 15) is 9.59 Å². The predicted molar refractivity (Wildman–Crippen MR) is 94.2 cm³/mol. The summed E-state index contributed by atoms with van der Waals surface area (Å²) in [5.74, 6) is -1.24. The van der Waals surface area contributed by atoms with Crippen molar-refractivity contribution < 1.29 is 14.7 Å². The van der Waals surface area contributed by atoms with Crippen molar-refractivity contribution in [3.05, 3.63) is 40.7 Å². The van der Waals surface area contributed by atoms with Gasteiger partial charge in [0.2, 0.25) is 0 Å². The van der Waals surface area contributed by atoms with Crippen molar-refractivity contribution in [1.29, 1.82) is 0 Å². The van der Waals surface area contributed by atoms with E-state index in [2.05, 4.69) is 15.6 Å². The largest absolute Gasteiger partial charge is 0.481 e. The molecule has 2 N–H and O–H groups in total. The number of rotatable bonds is 8. The Morgan fingerprint density at radius 1 is 1.40 bits per heavy atom. The van der Waals surface area contributed by atoms with Crippen LogP contribution in [-0.2, 0) is 11.2 Å².